The predicted octanol–water partition coefficient (Wildman–Crippen LogP) is 4.19. The number of anilines is 1. The Morgan fingerprint density at radius 3 is 1.89 bits per heavy atom. The fourth-order valence-electron chi connectivity index (χ4n) is 1.56. The average Bonchev–Trinajstić information content (AvgIpc) is 3.37. The van der Waals surface area contributed by atoms with Crippen LogP contribution < -0.4 is 5.73 Å². The zero-order valence-corrected chi connectivity index (χ0v) is 17.8. The summed E-state index contributed by atoms with van der Waals surface area (Å²) in [6.07, 6.45) is 2.19. The number of nitrogen functional groups attached to an aromatic ring is 1. The van der Waals surface area contributed by atoms with E-state index in [-0.39, 0.29) is 0 Å². The van der Waals surface area contributed by atoms with Crippen molar-refractivity contribution >= 4 is 16.5 Å². The largest absolute Gasteiger partial charge is 0.428 e. The maximum atomic E-state index is 5.36. The van der Waals surface area contributed by atoms with Gasteiger partial charge < -0.3 is 14.7 Å². The molecule has 0 saturated carbocycles. The van der Waals surface area contributed by atoms with Crippen molar-refractivity contribution in [3.8, 4) is 0 Å². The lowest BCUT2D eigenvalue weighted by Gasteiger charge is -1.92. The van der Waals surface area contributed by atoms with Gasteiger partial charge in [-0.15, -0.1) is 20.4 Å². The van der Waals surface area contributed by atoms with Crippen LogP contribution in [-0.2, 0) is 6.42 Å². The van der Waals surface area contributed by atoms with Crippen LogP contribution in [0.2, 0.25) is 0 Å². The van der Waals surface area contributed by atoms with E-state index in [0.29, 0.717) is 28.8 Å². The van der Waals surface area contributed by atoms with Gasteiger partial charge >= 0.3 is 0 Å². The molecule has 0 aromatic carbocycles. The van der Waals surface area contributed by atoms with Gasteiger partial charge in [-0.2, -0.15) is 4.98 Å². The average molecular weight is 396 g/mol. The summed E-state index contributed by atoms with van der Waals surface area (Å²) in [5, 5.41) is 20.1. The molecule has 0 atom stereocenters. The van der Waals surface area contributed by atoms with Crippen molar-refractivity contribution in [1.29, 1.82) is 0 Å². The molecule has 0 spiro atoms. The Labute approximate surface area is 163 Å². The van der Waals surface area contributed by atoms with Gasteiger partial charge in [0.2, 0.25) is 23.3 Å². The lowest BCUT2D eigenvalue weighted by Crippen LogP contribution is -1.87. The number of hydrogen-bond donors (Lipinski definition) is 1. The fourth-order valence-corrected chi connectivity index (χ4v) is 2.17. The van der Waals surface area contributed by atoms with Crippen LogP contribution in [0.3, 0.4) is 0 Å². The Morgan fingerprint density at radius 1 is 0.963 bits per heavy atom. The molecule has 3 aromatic heterocycles. The molecule has 0 unspecified atom stereocenters. The van der Waals surface area contributed by atoms with Crippen LogP contribution in [0, 0.1) is 0 Å². The molecule has 150 valence electrons. The van der Waals surface area contributed by atoms with Gasteiger partial charge in [0, 0.05) is 24.2 Å². The molecule has 0 radical (unpaired) electrons. The Hall–Kier alpha value is -2.36. The molecule has 0 saturated heterocycles. The number of hydrogen-bond acceptors (Lipinski definition) is 10. The van der Waals surface area contributed by atoms with Crippen LogP contribution >= 0.6 is 11.3 Å². The smallest absolute Gasteiger partial charge is 0.229 e. The molecule has 0 aliphatic heterocycles. The molecule has 10 heteroatoms. The van der Waals surface area contributed by atoms with Crippen LogP contribution in [-0.4, -0.2) is 30.5 Å². The van der Waals surface area contributed by atoms with Gasteiger partial charge in [-0.05, 0) is 0 Å². The molecule has 3 rings (SSSR count). The highest BCUT2D eigenvalue weighted by Crippen LogP contribution is 2.19. The Kier molecular flexibility index (Phi) is 9.55. The molecule has 0 aliphatic carbocycles. The van der Waals surface area contributed by atoms with Crippen molar-refractivity contribution in [2.75, 3.05) is 5.73 Å². The van der Waals surface area contributed by atoms with E-state index in [1.807, 2.05) is 34.6 Å². The van der Waals surface area contributed by atoms with Gasteiger partial charge in [-0.3, -0.25) is 0 Å². The molecule has 0 bridgehead atoms. The van der Waals surface area contributed by atoms with Crippen molar-refractivity contribution in [3.63, 3.8) is 0 Å². The van der Waals surface area contributed by atoms with E-state index in [0.717, 1.165) is 23.1 Å². The van der Waals surface area contributed by atoms with Gasteiger partial charge in [0.25, 0.3) is 0 Å². The Balaban J connectivity index is 0.000000204. The van der Waals surface area contributed by atoms with Crippen molar-refractivity contribution in [3.05, 3.63) is 29.0 Å². The summed E-state index contributed by atoms with van der Waals surface area (Å²) in [4.78, 5) is 4.15. The monoisotopic (exact) mass is 395 g/mol. The second kappa shape index (κ2) is 11.4. The highest BCUT2D eigenvalue weighted by molar-refractivity contribution is 7.15. The molecule has 27 heavy (non-hydrogen) atoms. The third kappa shape index (κ3) is 8.25. The number of nitrogens with zero attached hydrogens (tertiary/aromatic N) is 6. The molecule has 9 nitrogen and oxygen atoms in total. The maximum absolute atomic E-state index is 5.36. The van der Waals surface area contributed by atoms with E-state index in [1.54, 1.807) is 0 Å². The van der Waals surface area contributed by atoms with Gasteiger partial charge in [0.05, 0.1) is 0 Å². The van der Waals surface area contributed by atoms with Crippen molar-refractivity contribution < 1.29 is 8.94 Å². The molecule has 0 amide bonds. The quantitative estimate of drug-likeness (QED) is 0.690. The van der Waals surface area contributed by atoms with Gasteiger partial charge in [-0.1, -0.05) is 65.0 Å². The van der Waals surface area contributed by atoms with Gasteiger partial charge in [-0.25, -0.2) is 0 Å². The summed E-state index contributed by atoms with van der Waals surface area (Å²) >= 11 is 1.45. The molecule has 0 aliphatic rings. The van der Waals surface area contributed by atoms with Crippen LogP contribution in [0.15, 0.2) is 15.3 Å². The summed E-state index contributed by atoms with van der Waals surface area (Å²) in [5.74, 6) is 3.36. The Bertz CT molecular complexity index is 751. The number of nitrogens with two attached hydrogens (primary N) is 1. The summed E-state index contributed by atoms with van der Waals surface area (Å²) in [6.45, 7) is 14.2. The molecule has 0 fully saturated rings. The normalized spacial score (nSPS) is 10.6. The maximum Gasteiger partial charge on any atom is 0.229 e. The van der Waals surface area contributed by atoms with Crippen LogP contribution in [0.5, 0.6) is 0 Å². The van der Waals surface area contributed by atoms with Gasteiger partial charge in [0.1, 0.15) is 5.01 Å². The van der Waals surface area contributed by atoms with Gasteiger partial charge in [0.15, 0.2) is 5.82 Å². The highest BCUT2D eigenvalue weighted by Gasteiger charge is 2.07. The van der Waals surface area contributed by atoms with Crippen molar-refractivity contribution in [2.24, 2.45) is 0 Å². The first kappa shape index (κ1) is 22.7. The first-order chi connectivity index (χ1) is 12.7. The second-order valence-corrected chi connectivity index (χ2v) is 7.66. The lowest BCUT2D eigenvalue weighted by atomic mass is 10.2. The van der Waals surface area contributed by atoms with E-state index < -0.39 is 0 Å². The molecule has 2 N–H and O–H groups in total. The minimum atomic E-state index is 0.341. The third-order valence-electron chi connectivity index (χ3n) is 3.11. The zero-order chi connectivity index (χ0) is 20.4. The topological polar surface area (TPSA) is 130 Å². The van der Waals surface area contributed by atoms with E-state index in [2.05, 4.69) is 44.4 Å². The summed E-state index contributed by atoms with van der Waals surface area (Å²) < 4.78 is 9.83. The zero-order valence-electron chi connectivity index (χ0n) is 17.0. The first-order valence-electron chi connectivity index (χ1n) is 8.91. The van der Waals surface area contributed by atoms with E-state index in [1.165, 1.54) is 17.7 Å². The highest BCUT2D eigenvalue weighted by atomic mass is 32.1. The molecule has 3 aromatic rings. The molecular formula is C17H29N7O2S. The SMILES string of the molecule is CC(C)c1nnc(N)s1.CC(C)c1nnco1.CCc1noc(C(C)C)n1. The number of aromatic nitrogens is 6. The Morgan fingerprint density at radius 2 is 1.63 bits per heavy atom. The molecule has 3 heterocycles. The van der Waals surface area contributed by atoms with E-state index in [4.69, 9.17) is 14.7 Å². The van der Waals surface area contributed by atoms with E-state index >= 15 is 0 Å². The van der Waals surface area contributed by atoms with Crippen LogP contribution in [0.1, 0.15) is 88.8 Å². The van der Waals surface area contributed by atoms with Crippen LogP contribution in [0.25, 0.3) is 0 Å². The second-order valence-electron chi connectivity index (χ2n) is 6.62. The number of aryl methyl sites for hydroxylation is 1. The van der Waals surface area contributed by atoms with Crippen molar-refractivity contribution in [2.45, 2.75) is 72.6 Å². The summed E-state index contributed by atoms with van der Waals surface area (Å²) in [6, 6.07) is 0. The summed E-state index contributed by atoms with van der Waals surface area (Å²) in [7, 11) is 0. The standard InChI is InChI=1S/C7H12N2O.C5H9N3S.C5H8N2O/c1-4-6-8-7(5(2)3)10-9-6;1-3(2)4-7-8-5(6)9-4;1-4(2)5-7-6-3-8-5/h5H,4H2,1-3H3;3H,1-2H3,(H2,6,8);3-4H,1-2H3. The van der Waals surface area contributed by atoms with Crippen molar-refractivity contribution in [1.82, 2.24) is 30.5 Å². The molecular weight excluding hydrogens is 366 g/mol. The lowest BCUT2D eigenvalue weighted by molar-refractivity contribution is 0.361. The minimum Gasteiger partial charge on any atom is -0.428 e. The number of rotatable bonds is 4. The predicted molar refractivity (Wildman–Crippen MR) is 105 cm³/mol. The summed E-state index contributed by atoms with van der Waals surface area (Å²) in [5.41, 5.74) is 5.36. The first-order valence-corrected chi connectivity index (χ1v) is 9.73. The third-order valence-corrected chi connectivity index (χ3v) is 4.17. The fraction of sp³-hybridized carbons (Fsp3) is 0.647. The van der Waals surface area contributed by atoms with E-state index in [9.17, 15) is 0 Å². The minimum absolute atomic E-state index is 0.341. The van der Waals surface area contributed by atoms with Crippen LogP contribution in [0.4, 0.5) is 5.13 Å².